The molecule has 1 aromatic carbocycles. The number of aliphatic carboxylic acids is 1. The fraction of sp³-hybridized carbons (Fsp3) is 0.529. The van der Waals surface area contributed by atoms with Crippen molar-refractivity contribution in [1.29, 1.82) is 0 Å². The Morgan fingerprint density at radius 3 is 2.55 bits per heavy atom. The lowest BCUT2D eigenvalue weighted by Crippen LogP contribution is -2.49. The molecule has 2 unspecified atom stereocenters. The minimum Gasteiger partial charge on any atom is -0.497 e. The second kappa shape index (κ2) is 7.29. The van der Waals surface area contributed by atoms with Crippen molar-refractivity contribution in [2.75, 3.05) is 13.7 Å². The van der Waals surface area contributed by atoms with Gasteiger partial charge < -0.3 is 14.7 Å². The van der Waals surface area contributed by atoms with Crippen molar-refractivity contribution in [2.45, 2.75) is 44.6 Å². The van der Waals surface area contributed by atoms with Gasteiger partial charge in [-0.1, -0.05) is 19.1 Å². The highest BCUT2D eigenvalue weighted by atomic mass is 16.5. The van der Waals surface area contributed by atoms with Crippen LogP contribution in [0.15, 0.2) is 24.3 Å². The molecule has 22 heavy (non-hydrogen) atoms. The first-order chi connectivity index (χ1) is 10.6. The van der Waals surface area contributed by atoms with Crippen LogP contribution in [-0.4, -0.2) is 41.6 Å². The quantitative estimate of drug-likeness (QED) is 0.908. The molecule has 0 aromatic heterocycles. The van der Waals surface area contributed by atoms with E-state index in [9.17, 15) is 14.7 Å². The number of amides is 1. The van der Waals surface area contributed by atoms with Crippen LogP contribution in [0.5, 0.6) is 5.75 Å². The molecule has 0 radical (unpaired) electrons. The third kappa shape index (κ3) is 3.40. The maximum Gasteiger partial charge on any atom is 0.326 e. The average Bonchev–Trinajstić information content (AvgIpc) is 2.56. The predicted molar refractivity (Wildman–Crippen MR) is 83.0 cm³/mol. The number of carboxylic acid groups (broad SMARTS) is 1. The van der Waals surface area contributed by atoms with E-state index in [0.717, 1.165) is 24.2 Å². The zero-order chi connectivity index (χ0) is 16.1. The number of rotatable bonds is 5. The van der Waals surface area contributed by atoms with Crippen LogP contribution < -0.4 is 4.74 Å². The Morgan fingerprint density at radius 2 is 2.00 bits per heavy atom. The predicted octanol–water partition coefficient (Wildman–Crippen LogP) is 2.65. The van der Waals surface area contributed by atoms with E-state index in [4.69, 9.17) is 4.74 Å². The first-order valence-electron chi connectivity index (χ1n) is 7.75. The molecule has 120 valence electrons. The van der Waals surface area contributed by atoms with Gasteiger partial charge in [-0.15, -0.1) is 0 Å². The number of carboxylic acids is 1. The molecule has 2 atom stereocenters. The lowest BCUT2D eigenvalue weighted by atomic mass is 9.92. The summed E-state index contributed by atoms with van der Waals surface area (Å²) in [7, 11) is 1.60. The van der Waals surface area contributed by atoms with Crippen LogP contribution in [0.3, 0.4) is 0 Å². The molecule has 1 aliphatic rings. The van der Waals surface area contributed by atoms with Crippen LogP contribution >= 0.6 is 0 Å². The maximum absolute atomic E-state index is 12.8. The summed E-state index contributed by atoms with van der Waals surface area (Å²) in [5.74, 6) is -0.546. The highest BCUT2D eigenvalue weighted by molar-refractivity contribution is 5.88. The zero-order valence-corrected chi connectivity index (χ0v) is 13.1. The topological polar surface area (TPSA) is 66.8 Å². The highest BCUT2D eigenvalue weighted by Crippen LogP contribution is 2.28. The fourth-order valence-electron chi connectivity index (χ4n) is 3.04. The van der Waals surface area contributed by atoms with Gasteiger partial charge >= 0.3 is 5.97 Å². The van der Waals surface area contributed by atoms with Crippen molar-refractivity contribution in [3.05, 3.63) is 29.8 Å². The SMILES string of the molecule is CCC(C(=O)N1CCCCC1C(=O)O)c1ccc(OC)cc1. The van der Waals surface area contributed by atoms with Gasteiger partial charge in [0.25, 0.3) is 0 Å². The monoisotopic (exact) mass is 305 g/mol. The van der Waals surface area contributed by atoms with E-state index in [1.807, 2.05) is 31.2 Å². The molecule has 2 rings (SSSR count). The molecule has 1 N–H and O–H groups in total. The Bertz CT molecular complexity index is 526. The van der Waals surface area contributed by atoms with Gasteiger partial charge in [0.2, 0.25) is 5.91 Å². The van der Waals surface area contributed by atoms with E-state index in [-0.39, 0.29) is 11.8 Å². The minimum absolute atomic E-state index is 0.0835. The average molecular weight is 305 g/mol. The van der Waals surface area contributed by atoms with Crippen LogP contribution in [0.4, 0.5) is 0 Å². The molecule has 5 nitrogen and oxygen atoms in total. The van der Waals surface area contributed by atoms with E-state index < -0.39 is 12.0 Å². The molecule has 1 aromatic rings. The molecular formula is C17H23NO4. The minimum atomic E-state index is -0.905. The van der Waals surface area contributed by atoms with Crippen LogP contribution in [0.1, 0.15) is 44.1 Å². The summed E-state index contributed by atoms with van der Waals surface area (Å²) in [5, 5.41) is 9.34. The molecule has 1 saturated heterocycles. The second-order valence-corrected chi connectivity index (χ2v) is 5.62. The van der Waals surface area contributed by atoms with Crippen LogP contribution in [0.2, 0.25) is 0 Å². The zero-order valence-electron chi connectivity index (χ0n) is 13.1. The number of carbonyl (C=O) groups excluding carboxylic acids is 1. The largest absolute Gasteiger partial charge is 0.497 e. The van der Waals surface area contributed by atoms with Gasteiger partial charge in [0.05, 0.1) is 13.0 Å². The van der Waals surface area contributed by atoms with Gasteiger partial charge in [0, 0.05) is 6.54 Å². The smallest absolute Gasteiger partial charge is 0.326 e. The van der Waals surface area contributed by atoms with Crippen LogP contribution in [0.25, 0.3) is 0 Å². The third-order valence-electron chi connectivity index (χ3n) is 4.30. The number of likely N-dealkylation sites (tertiary alicyclic amines) is 1. The fourth-order valence-corrected chi connectivity index (χ4v) is 3.04. The van der Waals surface area contributed by atoms with Gasteiger partial charge in [-0.05, 0) is 43.4 Å². The normalized spacial score (nSPS) is 19.5. The van der Waals surface area contributed by atoms with Crippen molar-refractivity contribution in [1.82, 2.24) is 4.90 Å². The highest BCUT2D eigenvalue weighted by Gasteiger charge is 2.35. The molecular weight excluding hydrogens is 282 g/mol. The number of ether oxygens (including phenoxy) is 1. The van der Waals surface area contributed by atoms with Gasteiger partial charge in [0.15, 0.2) is 0 Å². The summed E-state index contributed by atoms with van der Waals surface area (Å²) in [6, 6.07) is 6.73. The number of methoxy groups -OCH3 is 1. The standard InChI is InChI=1S/C17H23NO4/c1-3-14(12-7-9-13(22-2)10-8-12)16(19)18-11-5-4-6-15(18)17(20)21/h7-10,14-15H,3-6,11H2,1-2H3,(H,20,21). The summed E-state index contributed by atoms with van der Waals surface area (Å²) < 4.78 is 5.13. The molecule has 0 bridgehead atoms. The number of nitrogens with zero attached hydrogens (tertiary/aromatic N) is 1. The molecule has 1 heterocycles. The van der Waals surface area contributed by atoms with Gasteiger partial charge in [0.1, 0.15) is 11.8 Å². The Morgan fingerprint density at radius 1 is 1.32 bits per heavy atom. The molecule has 1 amide bonds. The molecule has 1 aliphatic heterocycles. The van der Waals surface area contributed by atoms with Crippen molar-refractivity contribution in [3.8, 4) is 5.75 Å². The Kier molecular flexibility index (Phi) is 5.41. The van der Waals surface area contributed by atoms with Gasteiger partial charge in [-0.2, -0.15) is 0 Å². The van der Waals surface area contributed by atoms with E-state index >= 15 is 0 Å². The lowest BCUT2D eigenvalue weighted by Gasteiger charge is -2.35. The summed E-state index contributed by atoms with van der Waals surface area (Å²) in [6.07, 6.45) is 2.92. The Labute approximate surface area is 130 Å². The third-order valence-corrected chi connectivity index (χ3v) is 4.30. The molecule has 0 aliphatic carbocycles. The number of hydrogen-bond donors (Lipinski definition) is 1. The molecule has 1 fully saturated rings. The first kappa shape index (κ1) is 16.3. The molecule has 0 saturated carbocycles. The van der Waals surface area contributed by atoms with Crippen molar-refractivity contribution in [3.63, 3.8) is 0 Å². The van der Waals surface area contributed by atoms with E-state index in [1.165, 1.54) is 0 Å². The van der Waals surface area contributed by atoms with Crippen LogP contribution in [0, 0.1) is 0 Å². The summed E-state index contributed by atoms with van der Waals surface area (Å²) >= 11 is 0. The van der Waals surface area contributed by atoms with Gasteiger partial charge in [-0.3, -0.25) is 4.79 Å². The second-order valence-electron chi connectivity index (χ2n) is 5.62. The van der Waals surface area contributed by atoms with Crippen molar-refractivity contribution in [2.24, 2.45) is 0 Å². The Hall–Kier alpha value is -2.04. The lowest BCUT2D eigenvalue weighted by molar-refractivity contribution is -0.152. The summed E-state index contributed by atoms with van der Waals surface area (Å²) in [5.41, 5.74) is 0.906. The molecule has 0 spiro atoms. The Balaban J connectivity index is 2.21. The first-order valence-corrected chi connectivity index (χ1v) is 7.75. The van der Waals surface area contributed by atoms with Crippen molar-refractivity contribution < 1.29 is 19.4 Å². The number of carbonyl (C=O) groups is 2. The van der Waals surface area contributed by atoms with Crippen molar-refractivity contribution >= 4 is 11.9 Å². The van der Waals surface area contributed by atoms with E-state index in [2.05, 4.69) is 0 Å². The van der Waals surface area contributed by atoms with Crippen LogP contribution in [-0.2, 0) is 9.59 Å². The maximum atomic E-state index is 12.8. The number of benzene rings is 1. The summed E-state index contributed by atoms with van der Waals surface area (Å²) in [6.45, 7) is 2.48. The number of piperidine rings is 1. The van der Waals surface area contributed by atoms with E-state index in [1.54, 1.807) is 12.0 Å². The van der Waals surface area contributed by atoms with E-state index in [0.29, 0.717) is 19.4 Å². The number of hydrogen-bond acceptors (Lipinski definition) is 3. The summed E-state index contributed by atoms with van der Waals surface area (Å²) in [4.78, 5) is 25.8. The van der Waals surface area contributed by atoms with Gasteiger partial charge in [-0.25, -0.2) is 4.79 Å². The molecule has 5 heteroatoms.